The molecule has 0 radical (unpaired) electrons. The van der Waals surface area contributed by atoms with E-state index < -0.39 is 21.1 Å². The zero-order chi connectivity index (χ0) is 18.6. The van der Waals surface area contributed by atoms with E-state index in [0.717, 1.165) is 12.1 Å². The number of nitriles is 1. The van der Waals surface area contributed by atoms with Crippen molar-refractivity contribution in [3.05, 3.63) is 63.7 Å². The van der Waals surface area contributed by atoms with Crippen molar-refractivity contribution in [3.63, 3.8) is 0 Å². The van der Waals surface area contributed by atoms with Crippen LogP contribution in [0, 0.1) is 21.4 Å². The van der Waals surface area contributed by atoms with E-state index in [9.17, 15) is 23.3 Å². The minimum Gasteiger partial charge on any atom is -0.371 e. The summed E-state index contributed by atoms with van der Waals surface area (Å²) >= 11 is 0. The van der Waals surface area contributed by atoms with Gasteiger partial charge >= 0.3 is 10.3 Å². The molecule has 2 aromatic rings. The van der Waals surface area contributed by atoms with Crippen LogP contribution < -0.4 is 14.6 Å². The topological polar surface area (TPSA) is 165 Å². The van der Waals surface area contributed by atoms with Crippen molar-refractivity contribution in [3.8, 4) is 11.8 Å². The van der Waals surface area contributed by atoms with Crippen LogP contribution in [0.3, 0.4) is 0 Å². The Labute approximate surface area is 141 Å². The number of carbonyl (C=O) groups is 1. The van der Waals surface area contributed by atoms with Crippen molar-refractivity contribution >= 4 is 27.6 Å². The lowest BCUT2D eigenvalue weighted by molar-refractivity contribution is -0.384. The first-order chi connectivity index (χ1) is 11.7. The third-order valence-electron chi connectivity index (χ3n) is 2.91. The number of nitrogens with two attached hydrogens (primary N) is 1. The summed E-state index contributed by atoms with van der Waals surface area (Å²) in [6.07, 6.45) is 0. The molecule has 0 saturated heterocycles. The van der Waals surface area contributed by atoms with Crippen molar-refractivity contribution in [1.82, 2.24) is 0 Å². The highest BCUT2D eigenvalue weighted by molar-refractivity contribution is 7.84. The molecule has 0 bridgehead atoms. The number of hydrogen-bond acceptors (Lipinski definition) is 7. The maximum Gasteiger partial charge on any atom is 0.380 e. The summed E-state index contributed by atoms with van der Waals surface area (Å²) in [6.45, 7) is 0. The van der Waals surface area contributed by atoms with Gasteiger partial charge in [-0.15, -0.1) is 0 Å². The Balaban J connectivity index is 2.20. The van der Waals surface area contributed by atoms with Crippen LogP contribution in [0.5, 0.6) is 5.75 Å². The zero-order valence-electron chi connectivity index (χ0n) is 12.4. The lowest BCUT2D eigenvalue weighted by Gasteiger charge is -2.08. The average Bonchev–Trinajstić information content (AvgIpc) is 2.54. The molecule has 0 aliphatic rings. The largest absolute Gasteiger partial charge is 0.380 e. The molecular formula is C14H10N4O6S. The van der Waals surface area contributed by atoms with Crippen molar-refractivity contribution in [1.29, 1.82) is 5.26 Å². The lowest BCUT2D eigenvalue weighted by atomic mass is 10.1. The molecule has 0 heterocycles. The van der Waals surface area contributed by atoms with Crippen LogP contribution in [0.15, 0.2) is 42.5 Å². The molecule has 128 valence electrons. The van der Waals surface area contributed by atoms with Gasteiger partial charge in [0.1, 0.15) is 11.8 Å². The molecule has 25 heavy (non-hydrogen) atoms. The van der Waals surface area contributed by atoms with Crippen LogP contribution in [-0.4, -0.2) is 19.2 Å². The highest BCUT2D eigenvalue weighted by atomic mass is 32.2. The summed E-state index contributed by atoms with van der Waals surface area (Å²) in [6, 6.07) is 10.2. The van der Waals surface area contributed by atoms with Gasteiger partial charge in [0.25, 0.3) is 11.6 Å². The molecule has 0 aliphatic carbocycles. The number of amides is 1. The van der Waals surface area contributed by atoms with Crippen molar-refractivity contribution in [2.75, 3.05) is 5.32 Å². The molecule has 1 amide bonds. The number of nitrogens with zero attached hydrogens (tertiary/aromatic N) is 2. The fourth-order valence-corrected chi connectivity index (χ4v) is 2.22. The zero-order valence-corrected chi connectivity index (χ0v) is 13.2. The summed E-state index contributed by atoms with van der Waals surface area (Å²) in [5.41, 5.74) is -0.109. The molecule has 0 saturated carbocycles. The van der Waals surface area contributed by atoms with Gasteiger partial charge in [0.2, 0.25) is 0 Å². The predicted molar refractivity (Wildman–Crippen MR) is 85.9 cm³/mol. The molecule has 2 aromatic carbocycles. The molecule has 10 nitrogen and oxygen atoms in total. The number of nitro groups is 1. The van der Waals surface area contributed by atoms with Gasteiger partial charge in [0.05, 0.1) is 16.2 Å². The predicted octanol–water partition coefficient (Wildman–Crippen LogP) is 1.30. The van der Waals surface area contributed by atoms with E-state index in [1.165, 1.54) is 30.3 Å². The monoisotopic (exact) mass is 362 g/mol. The highest BCUT2D eigenvalue weighted by Gasteiger charge is 2.14. The van der Waals surface area contributed by atoms with Crippen molar-refractivity contribution in [2.24, 2.45) is 5.14 Å². The fraction of sp³-hybridized carbons (Fsp3) is 0. The summed E-state index contributed by atoms with van der Waals surface area (Å²) in [4.78, 5) is 22.2. The van der Waals surface area contributed by atoms with E-state index >= 15 is 0 Å². The number of rotatable bonds is 5. The van der Waals surface area contributed by atoms with E-state index in [-0.39, 0.29) is 28.3 Å². The van der Waals surface area contributed by atoms with Crippen molar-refractivity contribution < 1.29 is 22.3 Å². The van der Waals surface area contributed by atoms with Gasteiger partial charge in [-0.05, 0) is 30.3 Å². The van der Waals surface area contributed by atoms with Gasteiger partial charge in [0.15, 0.2) is 0 Å². The SMILES string of the molecule is N#Cc1cc([N+](=O)[O-])ccc1NC(=O)c1ccc(OS(N)(=O)=O)cc1. The Morgan fingerprint density at radius 3 is 2.40 bits per heavy atom. The number of benzene rings is 2. The Hall–Kier alpha value is -3.49. The van der Waals surface area contributed by atoms with Crippen LogP contribution in [0.4, 0.5) is 11.4 Å². The Bertz CT molecular complexity index is 979. The van der Waals surface area contributed by atoms with Crippen LogP contribution in [-0.2, 0) is 10.3 Å². The second-order valence-electron chi connectivity index (χ2n) is 4.65. The van der Waals surface area contributed by atoms with E-state index in [0.29, 0.717) is 0 Å². The molecule has 11 heteroatoms. The van der Waals surface area contributed by atoms with Crippen LogP contribution >= 0.6 is 0 Å². The molecular weight excluding hydrogens is 352 g/mol. The standard InChI is InChI=1S/C14H10N4O6S/c15-8-10-7-11(18(20)21)3-6-13(10)17-14(19)9-1-4-12(5-2-9)24-25(16,22)23/h1-7H,(H,17,19)(H2,16,22,23). The average molecular weight is 362 g/mol. The molecule has 0 aliphatic heterocycles. The Kier molecular flexibility index (Phi) is 4.97. The molecule has 3 N–H and O–H groups in total. The minimum absolute atomic E-state index is 0.0725. The van der Waals surface area contributed by atoms with Gasteiger partial charge in [-0.3, -0.25) is 14.9 Å². The smallest absolute Gasteiger partial charge is 0.371 e. The molecule has 2 rings (SSSR count). The van der Waals surface area contributed by atoms with E-state index in [2.05, 4.69) is 9.50 Å². The number of nitro benzene ring substituents is 1. The highest BCUT2D eigenvalue weighted by Crippen LogP contribution is 2.22. The fourth-order valence-electron chi connectivity index (χ4n) is 1.84. The second-order valence-corrected chi connectivity index (χ2v) is 5.81. The number of anilines is 1. The van der Waals surface area contributed by atoms with Gasteiger partial charge in [-0.2, -0.15) is 18.8 Å². The first-order valence-corrected chi connectivity index (χ1v) is 7.99. The molecule has 0 atom stereocenters. The maximum absolute atomic E-state index is 12.2. The molecule has 0 aromatic heterocycles. The van der Waals surface area contributed by atoms with Crippen LogP contribution in [0.2, 0.25) is 0 Å². The first-order valence-electron chi connectivity index (χ1n) is 6.52. The Morgan fingerprint density at radius 1 is 1.24 bits per heavy atom. The summed E-state index contributed by atoms with van der Waals surface area (Å²) in [5.74, 6) is -0.681. The molecule has 0 fully saturated rings. The lowest BCUT2D eigenvalue weighted by Crippen LogP contribution is -2.19. The number of hydrogen-bond donors (Lipinski definition) is 2. The number of non-ortho nitro benzene ring substituents is 1. The Morgan fingerprint density at radius 2 is 1.88 bits per heavy atom. The maximum atomic E-state index is 12.2. The third kappa shape index (κ3) is 4.74. The first kappa shape index (κ1) is 17.9. The van der Waals surface area contributed by atoms with E-state index in [1.54, 1.807) is 6.07 Å². The van der Waals surface area contributed by atoms with Crippen LogP contribution in [0.25, 0.3) is 0 Å². The van der Waals surface area contributed by atoms with Gasteiger partial charge in [-0.1, -0.05) is 0 Å². The number of nitrogens with one attached hydrogen (secondary N) is 1. The second kappa shape index (κ2) is 6.95. The quantitative estimate of drug-likeness (QED) is 0.597. The molecule has 0 spiro atoms. The van der Waals surface area contributed by atoms with E-state index in [4.69, 9.17) is 10.4 Å². The third-order valence-corrected chi connectivity index (χ3v) is 3.34. The van der Waals surface area contributed by atoms with Gasteiger partial charge < -0.3 is 9.50 Å². The normalized spacial score (nSPS) is 10.6. The number of carbonyl (C=O) groups excluding carboxylic acids is 1. The van der Waals surface area contributed by atoms with E-state index in [1.807, 2.05) is 0 Å². The van der Waals surface area contributed by atoms with Crippen LogP contribution in [0.1, 0.15) is 15.9 Å². The summed E-state index contributed by atoms with van der Waals surface area (Å²) in [7, 11) is -4.17. The van der Waals surface area contributed by atoms with Gasteiger partial charge in [0, 0.05) is 17.7 Å². The van der Waals surface area contributed by atoms with Gasteiger partial charge in [-0.25, -0.2) is 0 Å². The van der Waals surface area contributed by atoms with Crippen molar-refractivity contribution in [2.45, 2.75) is 0 Å². The minimum atomic E-state index is -4.17. The summed E-state index contributed by atoms with van der Waals surface area (Å²) in [5, 5.41) is 26.9. The summed E-state index contributed by atoms with van der Waals surface area (Å²) < 4.78 is 26.0. The molecule has 0 unspecified atom stereocenters.